The molecule has 0 saturated heterocycles. The van der Waals surface area contributed by atoms with E-state index in [1.807, 2.05) is 18.7 Å². The lowest BCUT2D eigenvalue weighted by Crippen LogP contribution is -2.25. The molecule has 0 unspecified atom stereocenters. The van der Waals surface area contributed by atoms with Crippen molar-refractivity contribution in [2.75, 3.05) is 23.7 Å². The first kappa shape index (κ1) is 14.6. The van der Waals surface area contributed by atoms with Gasteiger partial charge in [0.15, 0.2) is 5.82 Å². The number of hydrogen-bond acceptors (Lipinski definition) is 5. The average molecular weight is 340 g/mol. The summed E-state index contributed by atoms with van der Waals surface area (Å²) in [6.45, 7) is 5.45. The molecule has 1 heterocycles. The number of nitrogens with zero attached hydrogens (tertiary/aromatic N) is 4. The van der Waals surface area contributed by atoms with E-state index in [0.717, 1.165) is 13.1 Å². The van der Waals surface area contributed by atoms with Gasteiger partial charge in [-0.05, 0) is 41.9 Å². The molecular weight excluding hydrogens is 325 g/mol. The van der Waals surface area contributed by atoms with Gasteiger partial charge in [-0.1, -0.05) is 6.07 Å². The van der Waals surface area contributed by atoms with Crippen LogP contribution in [0, 0.1) is 5.82 Å². The van der Waals surface area contributed by atoms with Crippen LogP contribution in [0.1, 0.15) is 13.8 Å². The first-order valence-electron chi connectivity index (χ1n) is 6.27. The van der Waals surface area contributed by atoms with Crippen molar-refractivity contribution < 1.29 is 4.39 Å². The molecule has 5 nitrogen and oxygen atoms in total. The third-order valence-corrected chi connectivity index (χ3v) is 3.49. The Balaban J connectivity index is 2.55. The molecule has 1 aromatic carbocycles. The van der Waals surface area contributed by atoms with E-state index in [9.17, 15) is 4.39 Å². The van der Waals surface area contributed by atoms with E-state index in [1.54, 1.807) is 18.2 Å². The Hall–Kier alpha value is -1.76. The number of halogens is 2. The van der Waals surface area contributed by atoms with Crippen molar-refractivity contribution in [3.05, 3.63) is 28.5 Å². The Morgan fingerprint density at radius 2 is 1.90 bits per heavy atom. The summed E-state index contributed by atoms with van der Waals surface area (Å²) in [5.74, 6) is 0.356. The maximum Gasteiger partial charge on any atom is 0.230 e. The summed E-state index contributed by atoms with van der Waals surface area (Å²) in [5, 5.41) is 0. The minimum absolute atomic E-state index is 0.0799. The van der Waals surface area contributed by atoms with Gasteiger partial charge in [-0.25, -0.2) is 4.39 Å². The zero-order valence-electron chi connectivity index (χ0n) is 11.3. The second-order valence-corrected chi connectivity index (χ2v) is 4.95. The fourth-order valence-corrected chi connectivity index (χ4v) is 2.19. The highest BCUT2D eigenvalue weighted by Crippen LogP contribution is 2.26. The highest BCUT2D eigenvalue weighted by molar-refractivity contribution is 9.10. The molecule has 0 aliphatic heterocycles. The predicted octanol–water partition coefficient (Wildman–Crippen LogP) is 2.87. The number of benzene rings is 1. The van der Waals surface area contributed by atoms with E-state index in [4.69, 9.17) is 5.73 Å². The molecule has 0 radical (unpaired) electrons. The maximum atomic E-state index is 14.1. The Labute approximate surface area is 125 Å². The molecule has 7 heteroatoms. The zero-order valence-corrected chi connectivity index (χ0v) is 12.9. The van der Waals surface area contributed by atoms with Gasteiger partial charge in [-0.3, -0.25) is 0 Å². The molecule has 0 aliphatic rings. The molecule has 2 aromatic rings. The SMILES string of the molecule is CCN(CC)c1nc(N)nc(-c2cccc(Br)c2F)n1. The van der Waals surface area contributed by atoms with Crippen LogP contribution in [-0.2, 0) is 0 Å². The summed E-state index contributed by atoms with van der Waals surface area (Å²) in [7, 11) is 0. The van der Waals surface area contributed by atoms with Gasteiger partial charge in [0.05, 0.1) is 10.0 Å². The van der Waals surface area contributed by atoms with Crippen LogP contribution in [0.25, 0.3) is 11.4 Å². The number of anilines is 2. The molecule has 0 aliphatic carbocycles. The van der Waals surface area contributed by atoms with Crippen LogP contribution >= 0.6 is 15.9 Å². The van der Waals surface area contributed by atoms with E-state index in [0.29, 0.717) is 16.0 Å². The molecule has 0 saturated carbocycles. The first-order valence-corrected chi connectivity index (χ1v) is 7.07. The molecule has 0 bridgehead atoms. The van der Waals surface area contributed by atoms with Crippen molar-refractivity contribution in [2.24, 2.45) is 0 Å². The van der Waals surface area contributed by atoms with Crippen LogP contribution in [0.2, 0.25) is 0 Å². The summed E-state index contributed by atoms with van der Waals surface area (Å²) in [6, 6.07) is 4.95. The van der Waals surface area contributed by atoms with Gasteiger partial charge in [0.2, 0.25) is 11.9 Å². The summed E-state index contributed by atoms with van der Waals surface area (Å²) < 4.78 is 14.5. The quantitative estimate of drug-likeness (QED) is 0.927. The smallest absolute Gasteiger partial charge is 0.230 e. The molecule has 0 amide bonds. The van der Waals surface area contributed by atoms with E-state index in [-0.39, 0.29) is 11.8 Å². The molecule has 106 valence electrons. The molecule has 0 spiro atoms. The molecule has 0 fully saturated rings. The molecule has 1 aromatic heterocycles. The normalized spacial score (nSPS) is 10.6. The molecular formula is C13H15BrFN5. The van der Waals surface area contributed by atoms with Gasteiger partial charge in [-0.15, -0.1) is 0 Å². The third kappa shape index (κ3) is 2.87. The zero-order chi connectivity index (χ0) is 14.7. The van der Waals surface area contributed by atoms with Gasteiger partial charge in [0, 0.05) is 13.1 Å². The monoisotopic (exact) mass is 339 g/mol. The first-order chi connectivity index (χ1) is 9.56. The van der Waals surface area contributed by atoms with Crippen molar-refractivity contribution in [1.82, 2.24) is 15.0 Å². The van der Waals surface area contributed by atoms with Crippen molar-refractivity contribution in [2.45, 2.75) is 13.8 Å². The average Bonchev–Trinajstić information content (AvgIpc) is 2.42. The highest BCUT2D eigenvalue weighted by Gasteiger charge is 2.15. The van der Waals surface area contributed by atoms with Gasteiger partial charge in [0.25, 0.3) is 0 Å². The van der Waals surface area contributed by atoms with Crippen LogP contribution < -0.4 is 10.6 Å². The number of rotatable bonds is 4. The van der Waals surface area contributed by atoms with Crippen LogP contribution in [0.5, 0.6) is 0 Å². The van der Waals surface area contributed by atoms with Gasteiger partial charge < -0.3 is 10.6 Å². The Morgan fingerprint density at radius 1 is 1.20 bits per heavy atom. The number of nitrogens with two attached hydrogens (primary N) is 1. The largest absolute Gasteiger partial charge is 0.368 e. The third-order valence-electron chi connectivity index (χ3n) is 2.88. The van der Waals surface area contributed by atoms with Crippen molar-refractivity contribution in [3.8, 4) is 11.4 Å². The predicted molar refractivity (Wildman–Crippen MR) is 80.9 cm³/mol. The number of nitrogen functional groups attached to an aromatic ring is 1. The minimum atomic E-state index is -0.413. The van der Waals surface area contributed by atoms with Crippen molar-refractivity contribution in [1.29, 1.82) is 0 Å². The van der Waals surface area contributed by atoms with E-state index in [1.165, 1.54) is 0 Å². The van der Waals surface area contributed by atoms with E-state index < -0.39 is 5.82 Å². The Bertz CT molecular complexity index is 616. The summed E-state index contributed by atoms with van der Waals surface area (Å²) >= 11 is 3.15. The van der Waals surface area contributed by atoms with Crippen molar-refractivity contribution in [3.63, 3.8) is 0 Å². The summed E-state index contributed by atoms with van der Waals surface area (Å²) in [4.78, 5) is 14.4. The minimum Gasteiger partial charge on any atom is -0.368 e. The topological polar surface area (TPSA) is 67.9 Å². The molecule has 2 rings (SSSR count). The fraction of sp³-hybridized carbons (Fsp3) is 0.308. The lowest BCUT2D eigenvalue weighted by atomic mass is 10.2. The molecule has 2 N–H and O–H groups in total. The second-order valence-electron chi connectivity index (χ2n) is 4.09. The van der Waals surface area contributed by atoms with Crippen LogP contribution in [-0.4, -0.2) is 28.0 Å². The van der Waals surface area contributed by atoms with Gasteiger partial charge >= 0.3 is 0 Å². The number of hydrogen-bond donors (Lipinski definition) is 1. The lowest BCUT2D eigenvalue weighted by Gasteiger charge is -2.19. The van der Waals surface area contributed by atoms with Crippen LogP contribution in [0.15, 0.2) is 22.7 Å². The summed E-state index contributed by atoms with van der Waals surface area (Å²) in [6.07, 6.45) is 0. The van der Waals surface area contributed by atoms with Gasteiger partial charge in [-0.2, -0.15) is 15.0 Å². The van der Waals surface area contributed by atoms with Crippen molar-refractivity contribution >= 4 is 27.8 Å². The molecule has 0 atom stereocenters. The van der Waals surface area contributed by atoms with Gasteiger partial charge in [0.1, 0.15) is 5.82 Å². The number of aromatic nitrogens is 3. The fourth-order valence-electron chi connectivity index (χ4n) is 1.83. The van der Waals surface area contributed by atoms with Crippen LogP contribution in [0.4, 0.5) is 16.3 Å². The lowest BCUT2D eigenvalue weighted by molar-refractivity contribution is 0.623. The standard InChI is InChI=1S/C13H15BrFN5/c1-3-20(4-2)13-18-11(17-12(16)19-13)8-6-5-7-9(14)10(8)15/h5-7H,3-4H2,1-2H3,(H2,16,17,18,19). The van der Waals surface area contributed by atoms with E-state index >= 15 is 0 Å². The molecule has 20 heavy (non-hydrogen) atoms. The summed E-state index contributed by atoms with van der Waals surface area (Å²) in [5.41, 5.74) is 6.00. The Kier molecular flexibility index (Phi) is 4.49. The Morgan fingerprint density at radius 3 is 2.55 bits per heavy atom. The maximum absolute atomic E-state index is 14.1. The van der Waals surface area contributed by atoms with E-state index in [2.05, 4.69) is 30.9 Å². The van der Waals surface area contributed by atoms with Crippen LogP contribution in [0.3, 0.4) is 0 Å². The highest BCUT2D eigenvalue weighted by atomic mass is 79.9. The second kappa shape index (κ2) is 6.13.